The predicted molar refractivity (Wildman–Crippen MR) is 70.3 cm³/mol. The minimum Gasteiger partial charge on any atom is -0.313 e. The summed E-state index contributed by atoms with van der Waals surface area (Å²) >= 11 is 6.95. The van der Waals surface area contributed by atoms with E-state index in [-0.39, 0.29) is 4.21 Å². The van der Waals surface area contributed by atoms with E-state index in [1.54, 1.807) is 13.0 Å². The Balaban J connectivity index is 1.88. The van der Waals surface area contributed by atoms with Crippen LogP contribution in [0.15, 0.2) is 10.3 Å². The molecular formula is C10H15ClN2O2S2. The summed E-state index contributed by atoms with van der Waals surface area (Å²) in [6.07, 6.45) is 2.40. The lowest BCUT2D eigenvalue weighted by atomic mass is 10.4. The van der Waals surface area contributed by atoms with E-state index in [1.165, 1.54) is 12.8 Å². The van der Waals surface area contributed by atoms with Crippen molar-refractivity contribution < 1.29 is 8.42 Å². The first-order chi connectivity index (χ1) is 7.99. The number of halogens is 1. The Bertz CT molecular complexity index is 475. The second-order valence-corrected chi connectivity index (χ2v) is 7.80. The van der Waals surface area contributed by atoms with Gasteiger partial charge in [0.15, 0.2) is 0 Å². The molecule has 0 radical (unpaired) electrons. The second kappa shape index (κ2) is 5.24. The molecule has 0 atom stereocenters. The highest BCUT2D eigenvalue weighted by atomic mass is 35.5. The van der Waals surface area contributed by atoms with Crippen molar-refractivity contribution >= 4 is 33.0 Å². The van der Waals surface area contributed by atoms with Gasteiger partial charge in [0.2, 0.25) is 10.0 Å². The van der Waals surface area contributed by atoms with E-state index in [4.69, 9.17) is 11.6 Å². The highest BCUT2D eigenvalue weighted by molar-refractivity contribution is 7.91. The molecule has 1 heterocycles. The number of hydrogen-bond donors (Lipinski definition) is 2. The van der Waals surface area contributed by atoms with Crippen LogP contribution in [0.25, 0.3) is 0 Å². The third kappa shape index (κ3) is 3.66. The maximum Gasteiger partial charge on any atom is 0.250 e. The summed E-state index contributed by atoms with van der Waals surface area (Å²) in [5, 5.41) is 3.25. The summed E-state index contributed by atoms with van der Waals surface area (Å²) in [6, 6.07) is 2.20. The number of rotatable bonds is 6. The van der Waals surface area contributed by atoms with Gasteiger partial charge in [0.1, 0.15) is 4.21 Å². The van der Waals surface area contributed by atoms with Crippen LogP contribution < -0.4 is 10.0 Å². The zero-order valence-electron chi connectivity index (χ0n) is 9.49. The third-order valence-corrected chi connectivity index (χ3v) is 6.02. The fourth-order valence-electron chi connectivity index (χ4n) is 1.38. The normalized spacial score (nSPS) is 16.4. The van der Waals surface area contributed by atoms with Crippen LogP contribution in [0.3, 0.4) is 0 Å². The summed E-state index contributed by atoms with van der Waals surface area (Å²) in [5.41, 5.74) is 0.799. The van der Waals surface area contributed by atoms with Gasteiger partial charge in [0.05, 0.1) is 4.34 Å². The monoisotopic (exact) mass is 294 g/mol. The molecule has 1 aliphatic carbocycles. The zero-order chi connectivity index (χ0) is 12.5. The van der Waals surface area contributed by atoms with Gasteiger partial charge in [0, 0.05) is 19.1 Å². The smallest absolute Gasteiger partial charge is 0.250 e. The maximum absolute atomic E-state index is 11.9. The number of aryl methyl sites for hydroxylation is 1. The highest BCUT2D eigenvalue weighted by Crippen LogP contribution is 2.29. The van der Waals surface area contributed by atoms with E-state index in [1.807, 2.05) is 0 Å². The van der Waals surface area contributed by atoms with Crippen molar-refractivity contribution in [3.05, 3.63) is 16.0 Å². The topological polar surface area (TPSA) is 58.2 Å². The molecule has 2 rings (SSSR count). The Morgan fingerprint density at radius 3 is 2.71 bits per heavy atom. The quantitative estimate of drug-likeness (QED) is 0.786. The van der Waals surface area contributed by atoms with Crippen molar-refractivity contribution in [3.8, 4) is 0 Å². The fraction of sp³-hybridized carbons (Fsp3) is 0.600. The van der Waals surface area contributed by atoms with Gasteiger partial charge in [-0.05, 0) is 31.4 Å². The van der Waals surface area contributed by atoms with E-state index in [0.29, 0.717) is 23.5 Å². The molecule has 2 N–H and O–H groups in total. The molecule has 17 heavy (non-hydrogen) atoms. The summed E-state index contributed by atoms with van der Waals surface area (Å²) in [6.45, 7) is 2.88. The van der Waals surface area contributed by atoms with Crippen molar-refractivity contribution in [3.63, 3.8) is 0 Å². The molecule has 1 saturated carbocycles. The number of sulfonamides is 1. The van der Waals surface area contributed by atoms with E-state index in [2.05, 4.69) is 10.0 Å². The Morgan fingerprint density at radius 1 is 1.47 bits per heavy atom. The Labute approximate surface area is 110 Å². The zero-order valence-corrected chi connectivity index (χ0v) is 11.9. The molecule has 0 amide bonds. The summed E-state index contributed by atoms with van der Waals surface area (Å²) < 4.78 is 27.1. The number of nitrogens with one attached hydrogen (secondary N) is 2. The van der Waals surface area contributed by atoms with Crippen LogP contribution in [0, 0.1) is 6.92 Å². The minimum atomic E-state index is -3.40. The van der Waals surface area contributed by atoms with Gasteiger partial charge in [-0.15, -0.1) is 11.3 Å². The molecule has 96 valence electrons. The van der Waals surface area contributed by atoms with Crippen molar-refractivity contribution in [2.75, 3.05) is 13.1 Å². The second-order valence-electron chi connectivity index (χ2n) is 4.15. The molecule has 0 aromatic carbocycles. The first-order valence-corrected chi connectivity index (χ1v) is 8.16. The molecule has 4 nitrogen and oxygen atoms in total. The van der Waals surface area contributed by atoms with Gasteiger partial charge < -0.3 is 5.32 Å². The van der Waals surface area contributed by atoms with Gasteiger partial charge in [0.25, 0.3) is 0 Å². The average Bonchev–Trinajstić information content (AvgIpc) is 3.01. The largest absolute Gasteiger partial charge is 0.313 e. The third-order valence-electron chi connectivity index (χ3n) is 2.53. The van der Waals surface area contributed by atoms with Crippen molar-refractivity contribution in [1.29, 1.82) is 0 Å². The summed E-state index contributed by atoms with van der Waals surface area (Å²) in [4.78, 5) is 0. The molecule has 7 heteroatoms. The molecule has 1 aliphatic rings. The van der Waals surface area contributed by atoms with E-state index >= 15 is 0 Å². The first kappa shape index (κ1) is 13.3. The van der Waals surface area contributed by atoms with Gasteiger partial charge in [-0.2, -0.15) is 0 Å². The van der Waals surface area contributed by atoms with Crippen LogP contribution >= 0.6 is 22.9 Å². The molecule has 1 aromatic heterocycles. The van der Waals surface area contributed by atoms with Crippen LogP contribution in [-0.4, -0.2) is 27.5 Å². The lowest BCUT2D eigenvalue weighted by Crippen LogP contribution is -2.32. The van der Waals surface area contributed by atoms with Crippen LogP contribution in [-0.2, 0) is 10.0 Å². The predicted octanol–water partition coefficient (Wildman–Crippen LogP) is 1.74. The van der Waals surface area contributed by atoms with Crippen molar-refractivity contribution in [2.45, 2.75) is 30.0 Å². The van der Waals surface area contributed by atoms with Crippen LogP contribution in [0.1, 0.15) is 18.4 Å². The summed E-state index contributed by atoms with van der Waals surface area (Å²) in [7, 11) is -3.40. The number of thiophene rings is 1. The molecule has 0 spiro atoms. The molecule has 1 aromatic rings. The highest BCUT2D eigenvalue weighted by Gasteiger charge is 2.21. The molecule has 0 unspecified atom stereocenters. The molecule has 0 aliphatic heterocycles. The van der Waals surface area contributed by atoms with E-state index in [0.717, 1.165) is 16.9 Å². The van der Waals surface area contributed by atoms with Crippen molar-refractivity contribution in [1.82, 2.24) is 10.0 Å². The van der Waals surface area contributed by atoms with E-state index < -0.39 is 10.0 Å². The fourth-order valence-corrected chi connectivity index (χ4v) is 4.17. The van der Waals surface area contributed by atoms with Crippen molar-refractivity contribution in [2.24, 2.45) is 0 Å². The summed E-state index contributed by atoms with van der Waals surface area (Å²) in [5.74, 6) is 0. The van der Waals surface area contributed by atoms with Gasteiger partial charge in [-0.3, -0.25) is 0 Å². The lowest BCUT2D eigenvalue weighted by Gasteiger charge is -2.05. The van der Waals surface area contributed by atoms with Gasteiger partial charge in [-0.25, -0.2) is 13.1 Å². The van der Waals surface area contributed by atoms with Crippen LogP contribution in [0.4, 0.5) is 0 Å². The van der Waals surface area contributed by atoms with Crippen LogP contribution in [0.5, 0.6) is 0 Å². The lowest BCUT2D eigenvalue weighted by molar-refractivity contribution is 0.577. The van der Waals surface area contributed by atoms with Gasteiger partial charge >= 0.3 is 0 Å². The Kier molecular flexibility index (Phi) is 4.10. The molecule has 1 fully saturated rings. The standard InChI is InChI=1S/C10H15ClN2O2S2/c1-7-6-9(16-10(7)11)17(14,15)13-5-4-12-8-2-3-8/h6,8,12-13H,2-5H2,1H3. The molecule has 0 bridgehead atoms. The SMILES string of the molecule is Cc1cc(S(=O)(=O)NCCNC2CC2)sc1Cl. The number of hydrogen-bond acceptors (Lipinski definition) is 4. The first-order valence-electron chi connectivity index (χ1n) is 5.48. The Morgan fingerprint density at radius 2 is 2.18 bits per heavy atom. The Hall–Kier alpha value is -0.140. The minimum absolute atomic E-state index is 0.284. The molecular weight excluding hydrogens is 280 g/mol. The van der Waals surface area contributed by atoms with Crippen LogP contribution in [0.2, 0.25) is 4.34 Å². The maximum atomic E-state index is 11.9. The average molecular weight is 295 g/mol. The molecule has 0 saturated heterocycles. The van der Waals surface area contributed by atoms with Gasteiger partial charge in [-0.1, -0.05) is 11.6 Å². The van der Waals surface area contributed by atoms with E-state index in [9.17, 15) is 8.42 Å².